The van der Waals surface area contributed by atoms with Crippen molar-refractivity contribution >= 4 is 34.5 Å². The van der Waals surface area contributed by atoms with Crippen molar-refractivity contribution in [1.29, 1.82) is 0 Å². The molecule has 0 saturated carbocycles. The van der Waals surface area contributed by atoms with Gasteiger partial charge in [-0.15, -0.1) is 0 Å². The number of carbonyl (C=O) groups excluding carboxylic acids is 2. The lowest BCUT2D eigenvalue weighted by Gasteiger charge is -2.30. The van der Waals surface area contributed by atoms with Crippen LogP contribution in [0.5, 0.6) is 11.5 Å². The third-order valence-corrected chi connectivity index (χ3v) is 7.28. The third kappa shape index (κ3) is 5.89. The number of esters is 2. The third-order valence-electron chi connectivity index (χ3n) is 5.88. The van der Waals surface area contributed by atoms with Gasteiger partial charge in [0, 0.05) is 38.3 Å². The lowest BCUT2D eigenvalue weighted by atomic mass is 9.86. The topological polar surface area (TPSA) is 52.6 Å². The lowest BCUT2D eigenvalue weighted by Crippen LogP contribution is -2.18. The highest BCUT2D eigenvalue weighted by Gasteiger charge is 2.32. The minimum atomic E-state index is -0.441. The van der Waals surface area contributed by atoms with Gasteiger partial charge < -0.3 is 9.47 Å². The second-order valence-corrected chi connectivity index (χ2v) is 10.1. The molecule has 0 N–H and O–H groups in total. The quantitative estimate of drug-likeness (QED) is 0.157. The SMILES string of the molecule is C=C(C)C(=O)Oc1c2c(c(OC(=O)C(=C)C)c3ccccc13)C(SCCCCCC)CCC2. The number of benzene rings is 2. The number of thioether (sulfide) groups is 1. The van der Waals surface area contributed by atoms with Crippen molar-refractivity contribution in [3.63, 3.8) is 0 Å². The van der Waals surface area contributed by atoms with Crippen LogP contribution in [0.15, 0.2) is 48.6 Å². The maximum atomic E-state index is 12.6. The standard InChI is InChI=1S/C28H34O4S/c1-6-7-8-11-17-33-23-16-12-15-22-24(23)26(32-28(30)19(4)5)21-14-10-9-13-20(21)25(22)31-27(29)18(2)3/h9-10,13-14,23H,2,4,6-8,11-12,15-17H2,1,3,5H3. The van der Waals surface area contributed by atoms with Gasteiger partial charge in [-0.3, -0.25) is 0 Å². The summed E-state index contributed by atoms with van der Waals surface area (Å²) in [6.45, 7) is 13.0. The Kier molecular flexibility index (Phi) is 8.79. The summed E-state index contributed by atoms with van der Waals surface area (Å²) in [4.78, 5) is 25.1. The highest BCUT2D eigenvalue weighted by molar-refractivity contribution is 7.99. The van der Waals surface area contributed by atoms with Gasteiger partial charge in [-0.25, -0.2) is 9.59 Å². The normalized spacial score (nSPS) is 15.1. The van der Waals surface area contributed by atoms with Crippen molar-refractivity contribution < 1.29 is 19.1 Å². The van der Waals surface area contributed by atoms with Crippen LogP contribution in [0.1, 0.15) is 75.7 Å². The summed E-state index contributed by atoms with van der Waals surface area (Å²) >= 11 is 1.91. The highest BCUT2D eigenvalue weighted by Crippen LogP contribution is 2.52. The van der Waals surface area contributed by atoms with E-state index < -0.39 is 11.9 Å². The predicted molar refractivity (Wildman–Crippen MR) is 137 cm³/mol. The minimum Gasteiger partial charge on any atom is -0.422 e. The molecule has 0 amide bonds. The smallest absolute Gasteiger partial charge is 0.338 e. The van der Waals surface area contributed by atoms with Gasteiger partial charge in [-0.2, -0.15) is 11.8 Å². The average Bonchev–Trinajstić information content (AvgIpc) is 2.80. The van der Waals surface area contributed by atoms with E-state index in [1.165, 1.54) is 19.3 Å². The van der Waals surface area contributed by atoms with Crippen LogP contribution in [-0.2, 0) is 16.0 Å². The molecule has 0 aromatic heterocycles. The molecule has 0 heterocycles. The van der Waals surface area contributed by atoms with E-state index in [2.05, 4.69) is 20.1 Å². The number of ether oxygens (including phenoxy) is 2. The molecule has 1 unspecified atom stereocenters. The molecular formula is C28H34O4S. The molecule has 0 radical (unpaired) electrons. The molecule has 4 nitrogen and oxygen atoms in total. The van der Waals surface area contributed by atoms with Gasteiger partial charge in [0.25, 0.3) is 0 Å². The highest BCUT2D eigenvalue weighted by atomic mass is 32.2. The molecule has 1 aliphatic rings. The van der Waals surface area contributed by atoms with Crippen LogP contribution >= 0.6 is 11.8 Å². The number of carbonyl (C=O) groups is 2. The molecule has 0 fully saturated rings. The number of hydrogen-bond acceptors (Lipinski definition) is 5. The summed E-state index contributed by atoms with van der Waals surface area (Å²) < 4.78 is 11.9. The first-order valence-corrected chi connectivity index (χ1v) is 12.8. The molecule has 0 aliphatic heterocycles. The molecular weight excluding hydrogens is 432 g/mol. The van der Waals surface area contributed by atoms with E-state index in [-0.39, 0.29) is 5.25 Å². The van der Waals surface area contributed by atoms with E-state index in [4.69, 9.17) is 9.47 Å². The van der Waals surface area contributed by atoms with Crippen molar-refractivity contribution in [3.8, 4) is 11.5 Å². The minimum absolute atomic E-state index is 0.176. The van der Waals surface area contributed by atoms with Crippen LogP contribution in [0.25, 0.3) is 10.8 Å². The van der Waals surface area contributed by atoms with Gasteiger partial charge in [-0.1, -0.05) is 63.6 Å². The number of hydrogen-bond donors (Lipinski definition) is 0. The Labute approximate surface area is 201 Å². The Balaban J connectivity index is 2.14. The van der Waals surface area contributed by atoms with E-state index in [1.807, 2.05) is 36.0 Å². The molecule has 0 spiro atoms. The van der Waals surface area contributed by atoms with Gasteiger partial charge in [0.15, 0.2) is 0 Å². The zero-order chi connectivity index (χ0) is 24.0. The summed E-state index contributed by atoms with van der Waals surface area (Å²) in [6.07, 6.45) is 7.59. The molecule has 5 heteroatoms. The van der Waals surface area contributed by atoms with Gasteiger partial charge in [0.1, 0.15) is 11.5 Å². The van der Waals surface area contributed by atoms with Crippen LogP contribution in [0.2, 0.25) is 0 Å². The average molecular weight is 467 g/mol. The fraction of sp³-hybridized carbons (Fsp3) is 0.429. The zero-order valence-corrected chi connectivity index (χ0v) is 20.8. The maximum Gasteiger partial charge on any atom is 0.338 e. The second-order valence-electron chi connectivity index (χ2n) is 8.75. The number of rotatable bonds is 10. The van der Waals surface area contributed by atoms with Gasteiger partial charge >= 0.3 is 11.9 Å². The predicted octanol–water partition coefficient (Wildman–Crippen LogP) is 7.49. The van der Waals surface area contributed by atoms with Crippen LogP contribution in [0, 0.1) is 0 Å². The molecule has 0 saturated heterocycles. The van der Waals surface area contributed by atoms with Crippen LogP contribution in [0.3, 0.4) is 0 Å². The first-order chi connectivity index (χ1) is 15.8. The first kappa shape index (κ1) is 25.1. The molecule has 33 heavy (non-hydrogen) atoms. The van der Waals surface area contributed by atoms with Gasteiger partial charge in [0.2, 0.25) is 0 Å². The van der Waals surface area contributed by atoms with Crippen molar-refractivity contribution in [2.45, 2.75) is 71.0 Å². The lowest BCUT2D eigenvalue weighted by molar-refractivity contribution is -0.131. The molecule has 0 bridgehead atoms. The van der Waals surface area contributed by atoms with Crippen molar-refractivity contribution in [3.05, 3.63) is 59.7 Å². The second kappa shape index (κ2) is 11.6. The van der Waals surface area contributed by atoms with Crippen LogP contribution in [-0.4, -0.2) is 17.7 Å². The Morgan fingerprint density at radius 1 is 0.970 bits per heavy atom. The molecule has 2 aromatic carbocycles. The Morgan fingerprint density at radius 2 is 1.58 bits per heavy atom. The summed E-state index contributed by atoms with van der Waals surface area (Å²) in [7, 11) is 0. The molecule has 176 valence electrons. The summed E-state index contributed by atoms with van der Waals surface area (Å²) in [5, 5.41) is 1.72. The van der Waals surface area contributed by atoms with E-state index in [1.54, 1.807) is 13.8 Å². The van der Waals surface area contributed by atoms with Crippen LogP contribution < -0.4 is 9.47 Å². The monoisotopic (exact) mass is 466 g/mol. The first-order valence-electron chi connectivity index (χ1n) is 11.8. The fourth-order valence-electron chi connectivity index (χ4n) is 4.15. The van der Waals surface area contributed by atoms with E-state index in [0.717, 1.165) is 53.3 Å². The van der Waals surface area contributed by atoms with E-state index in [9.17, 15) is 9.59 Å². The summed E-state index contributed by atoms with van der Waals surface area (Å²) in [5.41, 5.74) is 2.65. The van der Waals surface area contributed by atoms with Gasteiger partial charge in [0.05, 0.1) is 0 Å². The Hall–Kier alpha value is -2.53. The van der Waals surface area contributed by atoms with Crippen LogP contribution in [0.4, 0.5) is 0 Å². The van der Waals surface area contributed by atoms with Gasteiger partial charge in [-0.05, 0) is 45.3 Å². The fourth-order valence-corrected chi connectivity index (χ4v) is 5.56. The Bertz CT molecular complexity index is 1070. The zero-order valence-electron chi connectivity index (χ0n) is 20.0. The molecule has 1 aliphatic carbocycles. The molecule has 1 atom stereocenters. The molecule has 3 rings (SSSR count). The van der Waals surface area contributed by atoms with E-state index in [0.29, 0.717) is 22.6 Å². The van der Waals surface area contributed by atoms with E-state index >= 15 is 0 Å². The van der Waals surface area contributed by atoms with Crippen molar-refractivity contribution in [2.24, 2.45) is 0 Å². The summed E-state index contributed by atoms with van der Waals surface area (Å²) in [5.74, 6) is 1.32. The Morgan fingerprint density at radius 3 is 2.18 bits per heavy atom. The number of unbranched alkanes of at least 4 members (excludes halogenated alkanes) is 3. The maximum absolute atomic E-state index is 12.6. The number of fused-ring (bicyclic) bond motifs is 2. The van der Waals surface area contributed by atoms with Crippen molar-refractivity contribution in [2.75, 3.05) is 5.75 Å². The molecule has 2 aromatic rings. The summed E-state index contributed by atoms with van der Waals surface area (Å²) in [6, 6.07) is 7.65. The largest absolute Gasteiger partial charge is 0.422 e. The van der Waals surface area contributed by atoms with Crippen molar-refractivity contribution in [1.82, 2.24) is 0 Å².